The van der Waals surface area contributed by atoms with E-state index < -0.39 is 35.8 Å². The van der Waals surface area contributed by atoms with Gasteiger partial charge in [-0.05, 0) is 65.4 Å². The van der Waals surface area contributed by atoms with Gasteiger partial charge < -0.3 is 9.47 Å². The fourth-order valence-corrected chi connectivity index (χ4v) is 4.45. The number of halogens is 4. The van der Waals surface area contributed by atoms with Gasteiger partial charge in [0, 0.05) is 24.0 Å². The molecule has 1 amide bonds. The van der Waals surface area contributed by atoms with Crippen LogP contribution in [0.15, 0.2) is 54.9 Å². The Kier molecular flexibility index (Phi) is 6.93. The summed E-state index contributed by atoms with van der Waals surface area (Å²) in [5, 5.41) is 0. The van der Waals surface area contributed by atoms with Gasteiger partial charge in [-0.25, -0.2) is 9.18 Å². The number of aromatic nitrogens is 1. The molecule has 0 saturated carbocycles. The van der Waals surface area contributed by atoms with Gasteiger partial charge in [0.25, 0.3) is 0 Å². The molecule has 0 unspecified atom stereocenters. The fourth-order valence-electron chi connectivity index (χ4n) is 4.45. The molecule has 0 radical (unpaired) electrons. The van der Waals surface area contributed by atoms with Crippen LogP contribution in [0.4, 0.5) is 22.4 Å². The van der Waals surface area contributed by atoms with Gasteiger partial charge in [-0.15, -0.1) is 0 Å². The zero-order valence-electron chi connectivity index (χ0n) is 20.3. The van der Waals surface area contributed by atoms with E-state index in [-0.39, 0.29) is 23.8 Å². The van der Waals surface area contributed by atoms with Crippen molar-refractivity contribution in [3.63, 3.8) is 0 Å². The van der Waals surface area contributed by atoms with Crippen molar-refractivity contribution < 1.29 is 31.8 Å². The lowest BCUT2D eigenvalue weighted by Crippen LogP contribution is -2.31. The summed E-state index contributed by atoms with van der Waals surface area (Å²) in [5.41, 5.74) is 1.38. The van der Waals surface area contributed by atoms with E-state index in [1.165, 1.54) is 24.1 Å². The van der Waals surface area contributed by atoms with Crippen molar-refractivity contribution in [3.8, 4) is 16.9 Å². The Morgan fingerprint density at radius 1 is 1.08 bits per heavy atom. The maximum atomic E-state index is 14.6. The Balaban J connectivity index is 1.81. The van der Waals surface area contributed by atoms with Crippen molar-refractivity contribution in [3.05, 3.63) is 82.9 Å². The van der Waals surface area contributed by atoms with E-state index in [2.05, 4.69) is 4.98 Å². The lowest BCUT2D eigenvalue weighted by Gasteiger charge is -2.24. The lowest BCUT2D eigenvalue weighted by atomic mass is 9.92. The summed E-state index contributed by atoms with van der Waals surface area (Å²) in [7, 11) is 1.37. The van der Waals surface area contributed by atoms with Gasteiger partial charge in [-0.3, -0.25) is 9.88 Å². The lowest BCUT2D eigenvalue weighted by molar-refractivity contribution is -0.137. The SMILES string of the molecule is COc1cc(F)c(C(C)C)cc1-c1ccc(C(F)(F)F)cc1CN1C(=O)O[C@H](c2ccncc2)[C@H]1C. The number of amides is 1. The summed E-state index contributed by atoms with van der Waals surface area (Å²) in [6.07, 6.45) is -2.66. The van der Waals surface area contributed by atoms with Crippen LogP contribution in [-0.4, -0.2) is 29.1 Å². The summed E-state index contributed by atoms with van der Waals surface area (Å²) >= 11 is 0. The smallest absolute Gasteiger partial charge is 0.416 e. The number of hydrogen-bond donors (Lipinski definition) is 0. The maximum Gasteiger partial charge on any atom is 0.416 e. The maximum absolute atomic E-state index is 14.6. The third kappa shape index (κ3) is 4.87. The summed E-state index contributed by atoms with van der Waals surface area (Å²) < 4.78 is 66.5. The van der Waals surface area contributed by atoms with Gasteiger partial charge >= 0.3 is 12.3 Å². The number of cyclic esters (lactones) is 1. The molecule has 1 aromatic heterocycles. The van der Waals surface area contributed by atoms with Gasteiger partial charge in [-0.2, -0.15) is 13.2 Å². The molecule has 5 nitrogen and oxygen atoms in total. The number of pyridine rings is 1. The second-order valence-electron chi connectivity index (χ2n) is 9.05. The first-order valence-electron chi connectivity index (χ1n) is 11.5. The first-order valence-corrected chi connectivity index (χ1v) is 11.5. The van der Waals surface area contributed by atoms with Crippen LogP contribution in [0.2, 0.25) is 0 Å². The number of hydrogen-bond acceptors (Lipinski definition) is 4. The van der Waals surface area contributed by atoms with Crippen LogP contribution < -0.4 is 4.74 Å². The molecule has 0 N–H and O–H groups in total. The number of alkyl halides is 3. The van der Waals surface area contributed by atoms with Crippen LogP contribution in [-0.2, 0) is 17.5 Å². The predicted octanol–water partition coefficient (Wildman–Crippen LogP) is 7.12. The zero-order chi connectivity index (χ0) is 26.2. The number of methoxy groups -OCH3 is 1. The Labute approximate surface area is 206 Å². The normalized spacial score (nSPS) is 18.0. The van der Waals surface area contributed by atoms with Crippen molar-refractivity contribution in [2.45, 2.75) is 51.6 Å². The van der Waals surface area contributed by atoms with E-state index in [1.54, 1.807) is 37.5 Å². The molecule has 9 heteroatoms. The highest BCUT2D eigenvalue weighted by atomic mass is 19.4. The molecule has 1 aliphatic heterocycles. The third-order valence-corrected chi connectivity index (χ3v) is 6.43. The molecule has 1 aliphatic rings. The second kappa shape index (κ2) is 9.79. The zero-order valence-corrected chi connectivity index (χ0v) is 20.3. The van der Waals surface area contributed by atoms with Crippen molar-refractivity contribution >= 4 is 6.09 Å². The molecule has 3 aromatic rings. The molecule has 0 spiro atoms. The average Bonchev–Trinajstić information content (AvgIpc) is 3.12. The standard InChI is InChI=1S/C27H26F4N2O3/c1-15(2)21-12-22(24(35-4)13-23(21)28)20-6-5-19(27(29,30)31)11-18(20)14-33-16(3)25(36-26(33)34)17-7-9-32-10-8-17/h5-13,15-16,25H,14H2,1-4H3/t16-,25+/m1/s1. The number of carbonyl (C=O) groups is 1. The van der Waals surface area contributed by atoms with Crippen molar-refractivity contribution in [1.29, 1.82) is 0 Å². The molecule has 0 bridgehead atoms. The number of rotatable bonds is 6. The molecule has 2 atom stereocenters. The Morgan fingerprint density at radius 2 is 1.78 bits per heavy atom. The molecular formula is C27H26F4N2O3. The third-order valence-electron chi connectivity index (χ3n) is 6.43. The molecule has 190 valence electrons. The van der Waals surface area contributed by atoms with Gasteiger partial charge in [0.05, 0.1) is 25.3 Å². The van der Waals surface area contributed by atoms with Gasteiger partial charge in [0.2, 0.25) is 0 Å². The summed E-state index contributed by atoms with van der Waals surface area (Å²) in [6, 6.07) is 9.16. The number of ether oxygens (including phenoxy) is 2. The molecule has 1 fully saturated rings. The molecule has 36 heavy (non-hydrogen) atoms. The van der Waals surface area contributed by atoms with E-state index in [0.717, 1.165) is 17.7 Å². The van der Waals surface area contributed by atoms with Crippen molar-refractivity contribution in [2.24, 2.45) is 0 Å². The van der Waals surface area contributed by atoms with Gasteiger partial charge in [0.1, 0.15) is 17.7 Å². The van der Waals surface area contributed by atoms with Crippen molar-refractivity contribution in [1.82, 2.24) is 9.88 Å². The van der Waals surface area contributed by atoms with Crippen LogP contribution in [0, 0.1) is 5.82 Å². The van der Waals surface area contributed by atoms with Gasteiger partial charge in [-0.1, -0.05) is 19.9 Å². The minimum atomic E-state index is -4.58. The number of benzene rings is 2. The molecule has 2 heterocycles. The topological polar surface area (TPSA) is 51.7 Å². The van der Waals surface area contributed by atoms with Crippen molar-refractivity contribution in [2.75, 3.05) is 7.11 Å². The first kappa shape index (κ1) is 25.5. The van der Waals surface area contributed by atoms with E-state index in [0.29, 0.717) is 16.7 Å². The summed E-state index contributed by atoms with van der Waals surface area (Å²) in [4.78, 5) is 18.2. The molecular weight excluding hydrogens is 476 g/mol. The monoisotopic (exact) mass is 502 g/mol. The Hall–Kier alpha value is -3.62. The van der Waals surface area contributed by atoms with Crippen LogP contribution in [0.25, 0.3) is 11.1 Å². The van der Waals surface area contributed by atoms with Crippen LogP contribution in [0.1, 0.15) is 55.0 Å². The van der Waals surface area contributed by atoms with E-state index >= 15 is 0 Å². The Morgan fingerprint density at radius 3 is 2.39 bits per heavy atom. The Bertz CT molecular complexity index is 1260. The fraction of sp³-hybridized carbons (Fsp3) is 0.333. The highest BCUT2D eigenvalue weighted by molar-refractivity contribution is 5.76. The minimum Gasteiger partial charge on any atom is -0.496 e. The second-order valence-corrected chi connectivity index (χ2v) is 9.05. The average molecular weight is 503 g/mol. The molecule has 0 aliphatic carbocycles. The van der Waals surface area contributed by atoms with E-state index in [4.69, 9.17) is 9.47 Å². The highest BCUT2D eigenvalue weighted by Gasteiger charge is 2.40. The van der Waals surface area contributed by atoms with E-state index in [1.807, 2.05) is 13.8 Å². The summed E-state index contributed by atoms with van der Waals surface area (Å²) in [6.45, 7) is 5.28. The predicted molar refractivity (Wildman–Crippen MR) is 126 cm³/mol. The highest BCUT2D eigenvalue weighted by Crippen LogP contribution is 2.41. The van der Waals surface area contributed by atoms with Crippen LogP contribution in [0.5, 0.6) is 5.75 Å². The summed E-state index contributed by atoms with van der Waals surface area (Å²) in [5.74, 6) is -0.442. The minimum absolute atomic E-state index is 0.140. The van der Waals surface area contributed by atoms with Crippen LogP contribution >= 0.6 is 0 Å². The first-order chi connectivity index (χ1) is 17.0. The van der Waals surface area contributed by atoms with Crippen LogP contribution in [0.3, 0.4) is 0 Å². The van der Waals surface area contributed by atoms with E-state index in [9.17, 15) is 22.4 Å². The quantitative estimate of drug-likeness (QED) is 0.337. The molecule has 4 rings (SSSR count). The number of nitrogens with zero attached hydrogens (tertiary/aromatic N) is 2. The largest absolute Gasteiger partial charge is 0.496 e. The molecule has 2 aromatic carbocycles. The molecule has 1 saturated heterocycles. The van der Waals surface area contributed by atoms with Gasteiger partial charge in [0.15, 0.2) is 0 Å². The number of carbonyl (C=O) groups excluding carboxylic acids is 1.